The zero-order valence-electron chi connectivity index (χ0n) is 26.6. The van der Waals surface area contributed by atoms with Crippen molar-refractivity contribution in [3.8, 4) is 17.2 Å². The number of nitrogens with one attached hydrogen (secondary N) is 1. The van der Waals surface area contributed by atoms with Crippen LogP contribution in [0.4, 0.5) is 17.2 Å². The number of hydrogen-bond acceptors (Lipinski definition) is 9. The van der Waals surface area contributed by atoms with E-state index < -0.39 is 6.04 Å². The minimum Gasteiger partial charge on any atom is -0.496 e. The molecule has 2 aromatic carbocycles. The summed E-state index contributed by atoms with van der Waals surface area (Å²) in [5.41, 5.74) is 3.70. The smallest absolute Gasteiger partial charge is 0.242 e. The molecule has 0 saturated carbocycles. The van der Waals surface area contributed by atoms with Crippen LogP contribution in [0, 0.1) is 5.41 Å². The van der Waals surface area contributed by atoms with Crippen LogP contribution in [0.3, 0.4) is 0 Å². The number of carbonyl (C=O) groups excluding carboxylic acids is 2. The fourth-order valence-corrected chi connectivity index (χ4v) is 6.79. The Morgan fingerprint density at radius 2 is 1.60 bits per heavy atom. The van der Waals surface area contributed by atoms with Gasteiger partial charge in [-0.3, -0.25) is 9.59 Å². The van der Waals surface area contributed by atoms with Crippen LogP contribution in [0.2, 0.25) is 0 Å². The van der Waals surface area contributed by atoms with Gasteiger partial charge in [0, 0.05) is 61.7 Å². The van der Waals surface area contributed by atoms with Gasteiger partial charge in [0.15, 0.2) is 17.3 Å². The van der Waals surface area contributed by atoms with Crippen molar-refractivity contribution < 1.29 is 23.8 Å². The minimum atomic E-state index is -0.617. The first kappa shape index (κ1) is 30.3. The maximum absolute atomic E-state index is 14.2. The number of fused-ring (bicyclic) bond motifs is 1. The van der Waals surface area contributed by atoms with Crippen LogP contribution in [0.15, 0.2) is 72.1 Å². The molecule has 1 aliphatic carbocycles. The van der Waals surface area contributed by atoms with Crippen LogP contribution in [0.25, 0.3) is 0 Å². The van der Waals surface area contributed by atoms with Crippen molar-refractivity contribution in [1.29, 1.82) is 0 Å². The second kappa shape index (κ2) is 12.3. The molecule has 10 nitrogen and oxygen atoms in total. The third-order valence-electron chi connectivity index (χ3n) is 8.95. The number of allylic oxidation sites excluding steroid dienone is 1. The summed E-state index contributed by atoms with van der Waals surface area (Å²) < 4.78 is 17.2. The number of para-hydroxylation sites is 2. The number of anilines is 3. The number of ketones is 1. The summed E-state index contributed by atoms with van der Waals surface area (Å²) in [5, 5.41) is 3.62. The molecule has 3 aromatic rings. The van der Waals surface area contributed by atoms with E-state index in [0.717, 1.165) is 28.5 Å². The maximum Gasteiger partial charge on any atom is 0.242 e. The molecule has 1 unspecified atom stereocenters. The zero-order chi connectivity index (χ0) is 31.7. The lowest BCUT2D eigenvalue weighted by Gasteiger charge is -2.40. The van der Waals surface area contributed by atoms with Gasteiger partial charge in [-0.15, -0.1) is 0 Å². The Balaban J connectivity index is 1.44. The maximum atomic E-state index is 14.2. The number of carbonyl (C=O) groups is 2. The molecule has 2 aliphatic heterocycles. The Morgan fingerprint density at radius 1 is 0.911 bits per heavy atom. The zero-order valence-corrected chi connectivity index (χ0v) is 26.6. The molecular formula is C35H41N5O5. The SMILES string of the molecule is COc1cc(OC)c(C2C3=C(CC(C)(C)CC3=O)Nc3ccccc3N2CC(=O)N2CCN(c3ccccn3)CC2)cc1OC. The average molecular weight is 612 g/mol. The quantitative estimate of drug-likeness (QED) is 0.393. The van der Waals surface area contributed by atoms with Crippen molar-refractivity contribution in [2.24, 2.45) is 5.41 Å². The Morgan fingerprint density at radius 3 is 2.29 bits per heavy atom. The Bertz CT molecular complexity index is 1610. The third-order valence-corrected chi connectivity index (χ3v) is 8.95. The van der Waals surface area contributed by atoms with Gasteiger partial charge in [-0.1, -0.05) is 32.0 Å². The number of nitrogens with zero attached hydrogens (tertiary/aromatic N) is 4. The van der Waals surface area contributed by atoms with Crippen LogP contribution in [0.5, 0.6) is 17.2 Å². The molecule has 1 saturated heterocycles. The first-order chi connectivity index (χ1) is 21.7. The lowest BCUT2D eigenvalue weighted by molar-refractivity contribution is -0.130. The van der Waals surface area contributed by atoms with Gasteiger partial charge in [-0.05, 0) is 42.2 Å². The van der Waals surface area contributed by atoms with Gasteiger partial charge in [0.1, 0.15) is 11.6 Å². The number of hydrogen-bond donors (Lipinski definition) is 1. The van der Waals surface area contributed by atoms with E-state index >= 15 is 0 Å². The monoisotopic (exact) mass is 611 g/mol. The van der Waals surface area contributed by atoms with Crippen LogP contribution in [-0.2, 0) is 9.59 Å². The lowest BCUT2D eigenvalue weighted by atomic mass is 9.73. The molecule has 1 atom stereocenters. The van der Waals surface area contributed by atoms with Gasteiger partial charge < -0.3 is 34.2 Å². The Kier molecular flexibility index (Phi) is 8.31. The van der Waals surface area contributed by atoms with Gasteiger partial charge in [-0.2, -0.15) is 0 Å². The Labute approximate surface area is 264 Å². The second-order valence-electron chi connectivity index (χ2n) is 12.5. The summed E-state index contributed by atoms with van der Waals surface area (Å²) >= 11 is 0. The van der Waals surface area contributed by atoms with Gasteiger partial charge in [0.05, 0.1) is 45.3 Å². The van der Waals surface area contributed by atoms with Crippen molar-refractivity contribution in [1.82, 2.24) is 9.88 Å². The highest BCUT2D eigenvalue weighted by molar-refractivity contribution is 6.02. The summed E-state index contributed by atoms with van der Waals surface area (Å²) in [6.45, 7) is 6.84. The number of pyridine rings is 1. The van der Waals surface area contributed by atoms with Crippen molar-refractivity contribution >= 4 is 28.9 Å². The minimum absolute atomic E-state index is 0.0115. The van der Waals surface area contributed by atoms with Gasteiger partial charge in [0.25, 0.3) is 0 Å². The first-order valence-corrected chi connectivity index (χ1v) is 15.4. The number of methoxy groups -OCH3 is 3. The molecule has 0 spiro atoms. The second-order valence-corrected chi connectivity index (χ2v) is 12.5. The van der Waals surface area contributed by atoms with E-state index in [0.29, 0.717) is 61.8 Å². The van der Waals surface area contributed by atoms with E-state index in [1.807, 2.05) is 53.4 Å². The summed E-state index contributed by atoms with van der Waals surface area (Å²) in [6, 6.07) is 16.8. The van der Waals surface area contributed by atoms with Gasteiger partial charge in [-0.25, -0.2) is 4.98 Å². The van der Waals surface area contributed by atoms with E-state index in [2.05, 4.69) is 33.9 Å². The van der Waals surface area contributed by atoms with Crippen LogP contribution < -0.4 is 29.3 Å². The van der Waals surface area contributed by atoms with Crippen molar-refractivity contribution in [3.63, 3.8) is 0 Å². The van der Waals surface area contributed by atoms with Crippen LogP contribution in [0.1, 0.15) is 38.3 Å². The molecule has 1 fully saturated rings. The Hall–Kier alpha value is -4.73. The predicted molar refractivity (Wildman–Crippen MR) is 174 cm³/mol. The molecule has 1 N–H and O–H groups in total. The number of Topliss-reactive ketones (excluding diaryl/α,β-unsaturated/α-hetero) is 1. The molecule has 10 heteroatoms. The highest BCUT2D eigenvalue weighted by Gasteiger charge is 2.43. The topological polar surface area (TPSA) is 96.5 Å². The number of amides is 1. The molecular weight excluding hydrogens is 570 g/mol. The predicted octanol–water partition coefficient (Wildman–Crippen LogP) is 5.07. The molecule has 6 rings (SSSR count). The number of ether oxygens (including phenoxy) is 3. The fraction of sp³-hybridized carbons (Fsp3) is 0.400. The van der Waals surface area contributed by atoms with Crippen molar-refractivity contribution in [2.75, 3.05) is 69.2 Å². The van der Waals surface area contributed by atoms with Gasteiger partial charge >= 0.3 is 0 Å². The molecule has 3 heterocycles. The number of aromatic nitrogens is 1. The van der Waals surface area contributed by atoms with Crippen molar-refractivity contribution in [3.05, 3.63) is 77.6 Å². The van der Waals surface area contributed by atoms with Crippen LogP contribution in [-0.4, -0.2) is 75.6 Å². The summed E-state index contributed by atoms with van der Waals surface area (Å²) in [4.78, 5) is 39.0. The van der Waals surface area contributed by atoms with Crippen molar-refractivity contribution in [2.45, 2.75) is 32.7 Å². The van der Waals surface area contributed by atoms with Crippen LogP contribution >= 0.6 is 0 Å². The van der Waals surface area contributed by atoms with E-state index in [9.17, 15) is 9.59 Å². The van der Waals surface area contributed by atoms with E-state index in [1.165, 1.54) is 0 Å². The lowest BCUT2D eigenvalue weighted by Crippen LogP contribution is -2.52. The average Bonchev–Trinajstić information content (AvgIpc) is 3.18. The molecule has 236 valence electrons. The summed E-state index contributed by atoms with van der Waals surface area (Å²) in [5.74, 6) is 2.52. The number of piperazine rings is 1. The highest BCUT2D eigenvalue weighted by Crippen LogP contribution is 2.51. The molecule has 1 amide bonds. The first-order valence-electron chi connectivity index (χ1n) is 15.4. The highest BCUT2D eigenvalue weighted by atomic mass is 16.5. The number of rotatable bonds is 7. The summed E-state index contributed by atoms with van der Waals surface area (Å²) in [7, 11) is 4.77. The molecule has 45 heavy (non-hydrogen) atoms. The largest absolute Gasteiger partial charge is 0.496 e. The number of benzene rings is 2. The van der Waals surface area contributed by atoms with E-state index in [-0.39, 0.29) is 23.7 Å². The molecule has 0 bridgehead atoms. The molecule has 0 radical (unpaired) electrons. The standard InChI is InChI=1S/C35H41N5O5/c1-35(2)20-25-33(27(41)21-35)34(23-18-29(44-4)30(45-5)19-28(23)43-3)40(26-11-7-6-10-24(26)37-25)22-32(42)39-16-14-38(15-17-39)31-12-8-9-13-36-31/h6-13,18-19,34,37H,14-17,20-22H2,1-5H3. The summed E-state index contributed by atoms with van der Waals surface area (Å²) in [6.07, 6.45) is 2.87. The molecule has 1 aromatic heterocycles. The van der Waals surface area contributed by atoms with E-state index in [1.54, 1.807) is 33.6 Å². The normalized spacial score (nSPS) is 19.3. The van der Waals surface area contributed by atoms with Gasteiger partial charge in [0.2, 0.25) is 5.91 Å². The third kappa shape index (κ3) is 5.89. The van der Waals surface area contributed by atoms with E-state index in [4.69, 9.17) is 14.2 Å². The fourth-order valence-electron chi connectivity index (χ4n) is 6.79. The molecule has 3 aliphatic rings.